The van der Waals surface area contributed by atoms with Crippen molar-refractivity contribution < 1.29 is 24.2 Å². The van der Waals surface area contributed by atoms with Gasteiger partial charge in [0.1, 0.15) is 18.1 Å². The van der Waals surface area contributed by atoms with Gasteiger partial charge in [-0.1, -0.05) is 24.2 Å². The monoisotopic (exact) mass is 535 g/mol. The fraction of sp³-hybridized carbons (Fsp3) is 0.185. The number of aliphatic carboxylic acids is 1. The average molecular weight is 536 g/mol. The maximum absolute atomic E-state index is 11.9. The second-order valence-corrected chi connectivity index (χ2v) is 8.22. The lowest BCUT2D eigenvalue weighted by atomic mass is 9.99. The first kappa shape index (κ1) is 27.8. The van der Waals surface area contributed by atoms with E-state index in [1.54, 1.807) is 38.3 Å². The molecule has 2 aromatic rings. The van der Waals surface area contributed by atoms with E-state index in [-0.39, 0.29) is 36.2 Å². The van der Waals surface area contributed by atoms with Gasteiger partial charge in [0.25, 0.3) is 0 Å². The Morgan fingerprint density at radius 3 is 2.76 bits per heavy atom. The van der Waals surface area contributed by atoms with Gasteiger partial charge < -0.3 is 30.5 Å². The van der Waals surface area contributed by atoms with Crippen molar-refractivity contribution >= 4 is 40.5 Å². The Morgan fingerprint density at radius 1 is 1.34 bits per heavy atom. The highest BCUT2D eigenvalue weighted by Gasteiger charge is 2.24. The van der Waals surface area contributed by atoms with Crippen LogP contribution in [0, 0.1) is 11.3 Å². The van der Waals surface area contributed by atoms with Crippen molar-refractivity contribution in [3.05, 3.63) is 88.6 Å². The number of nitrogens with zero attached hydrogens (tertiary/aromatic N) is 2. The van der Waals surface area contributed by atoms with Crippen LogP contribution in [0.5, 0.6) is 5.75 Å². The summed E-state index contributed by atoms with van der Waals surface area (Å²) in [6.07, 6.45) is 4.94. The molecule has 0 aliphatic carbocycles. The molecule has 0 atom stereocenters. The summed E-state index contributed by atoms with van der Waals surface area (Å²) in [6, 6.07) is 10.8. The summed E-state index contributed by atoms with van der Waals surface area (Å²) in [4.78, 5) is 27.2. The predicted molar refractivity (Wildman–Crippen MR) is 144 cm³/mol. The average Bonchev–Trinajstić information content (AvgIpc) is 2.90. The number of carboxylic acids is 1. The number of fused-ring (bicyclic) bond motifs is 1. The smallest absolute Gasteiger partial charge is 0.394 e. The molecular formula is C27H26ClN5O5. The molecule has 1 aliphatic heterocycles. The number of hydrogen-bond donors (Lipinski definition) is 4. The molecule has 0 radical (unpaired) electrons. The Bertz CT molecular complexity index is 1380. The highest BCUT2D eigenvalue weighted by atomic mass is 35.5. The maximum atomic E-state index is 11.9. The summed E-state index contributed by atoms with van der Waals surface area (Å²) in [5.41, 5.74) is 3.12. The first-order chi connectivity index (χ1) is 18.3. The Kier molecular flexibility index (Phi) is 9.51. The molecule has 0 fully saturated rings. The molecule has 0 spiro atoms. The van der Waals surface area contributed by atoms with Gasteiger partial charge in [-0.05, 0) is 44.2 Å². The Hall–Kier alpha value is -4.75. The van der Waals surface area contributed by atoms with Gasteiger partial charge in [0.05, 0.1) is 46.9 Å². The largest absolute Gasteiger partial charge is 0.492 e. The third-order valence-electron chi connectivity index (χ3n) is 5.21. The number of pyridine rings is 1. The minimum Gasteiger partial charge on any atom is -0.492 e. The zero-order valence-electron chi connectivity index (χ0n) is 20.8. The van der Waals surface area contributed by atoms with Crippen molar-refractivity contribution in [1.29, 1.82) is 5.26 Å². The fourth-order valence-electron chi connectivity index (χ4n) is 3.50. The van der Waals surface area contributed by atoms with Crippen molar-refractivity contribution in [1.82, 2.24) is 10.3 Å². The maximum Gasteiger partial charge on any atom is 0.394 e. The zero-order valence-corrected chi connectivity index (χ0v) is 21.6. The third-order valence-corrected chi connectivity index (χ3v) is 5.50. The van der Waals surface area contributed by atoms with Gasteiger partial charge in [-0.2, -0.15) is 5.26 Å². The number of carbonyl (C=O) groups excluding carboxylic acids is 1. The van der Waals surface area contributed by atoms with Crippen LogP contribution in [-0.4, -0.2) is 35.1 Å². The van der Waals surface area contributed by atoms with Crippen molar-refractivity contribution in [2.75, 3.05) is 23.8 Å². The third kappa shape index (κ3) is 6.93. The fourth-order valence-corrected chi connectivity index (χ4v) is 3.80. The molecule has 10 nitrogen and oxygen atoms in total. The van der Waals surface area contributed by atoms with Crippen molar-refractivity contribution in [2.45, 2.75) is 20.5 Å². The van der Waals surface area contributed by atoms with Gasteiger partial charge >= 0.3 is 11.9 Å². The number of amides is 1. The first-order valence-corrected chi connectivity index (χ1v) is 11.9. The number of anilines is 2. The van der Waals surface area contributed by atoms with Crippen LogP contribution in [0.2, 0.25) is 0 Å². The van der Waals surface area contributed by atoms with Crippen molar-refractivity contribution in [3.8, 4) is 11.8 Å². The number of nitriles is 1. The van der Waals surface area contributed by atoms with E-state index in [1.165, 1.54) is 6.07 Å². The summed E-state index contributed by atoms with van der Waals surface area (Å²) in [6.45, 7) is 8.27. The summed E-state index contributed by atoms with van der Waals surface area (Å²) in [7, 11) is 0. The number of carbonyl (C=O) groups is 2. The van der Waals surface area contributed by atoms with E-state index in [1.807, 2.05) is 18.2 Å². The Balaban J connectivity index is 1.88. The van der Waals surface area contributed by atoms with Gasteiger partial charge in [-0.15, -0.1) is 0 Å². The van der Waals surface area contributed by atoms with E-state index >= 15 is 0 Å². The minimum absolute atomic E-state index is 0.136. The summed E-state index contributed by atoms with van der Waals surface area (Å²) in [5.74, 6) is -2.18. The Labute approximate surface area is 224 Å². The van der Waals surface area contributed by atoms with E-state index < -0.39 is 11.9 Å². The molecule has 3 rings (SSSR count). The number of rotatable bonds is 10. The molecule has 1 aliphatic rings. The second-order valence-electron chi connectivity index (χ2n) is 7.81. The number of halogens is 1. The van der Waals surface area contributed by atoms with Crippen LogP contribution >= 0.6 is 11.6 Å². The van der Waals surface area contributed by atoms with Gasteiger partial charge in [0.15, 0.2) is 0 Å². The quantitative estimate of drug-likeness (QED) is 0.196. The number of nitrogens with one attached hydrogen (secondary N) is 3. The molecule has 196 valence electrons. The molecule has 38 heavy (non-hydrogen) atoms. The van der Waals surface area contributed by atoms with Crippen LogP contribution in [0.1, 0.15) is 25.1 Å². The standard InChI is InChI=1S/C27H26ClN5O5/c1-4-23(38-15-18-8-6-7-9-30-18)20(28)10-16(3)32-25-17(13-29)14-31-21-12-24(37-5-2)22(11-19(21)25)33-26(34)27(35)36/h4,6-12,31-32H,3,5,14-15H2,1-2H3,(H,33,34)(H,35,36)/b20-10+,23-4+. The van der Waals surface area contributed by atoms with Crippen molar-refractivity contribution in [3.63, 3.8) is 0 Å². The number of aromatic nitrogens is 1. The molecule has 0 saturated heterocycles. The highest BCUT2D eigenvalue weighted by Crippen LogP contribution is 2.38. The molecular weight excluding hydrogens is 510 g/mol. The zero-order chi connectivity index (χ0) is 27.7. The molecule has 0 unspecified atom stereocenters. The van der Waals surface area contributed by atoms with E-state index in [0.29, 0.717) is 34.0 Å². The van der Waals surface area contributed by atoms with Crippen LogP contribution in [0.15, 0.2) is 77.3 Å². The number of allylic oxidation sites excluding steroid dienone is 3. The van der Waals surface area contributed by atoms with Gasteiger partial charge in [-0.3, -0.25) is 9.78 Å². The summed E-state index contributed by atoms with van der Waals surface area (Å²) < 4.78 is 11.4. The lowest BCUT2D eigenvalue weighted by Crippen LogP contribution is -2.24. The summed E-state index contributed by atoms with van der Waals surface area (Å²) >= 11 is 6.50. The highest BCUT2D eigenvalue weighted by molar-refractivity contribution is 6.36. The molecule has 11 heteroatoms. The lowest BCUT2D eigenvalue weighted by molar-refractivity contribution is -0.147. The van der Waals surface area contributed by atoms with Gasteiger partial charge in [-0.25, -0.2) is 4.79 Å². The van der Waals surface area contributed by atoms with Crippen LogP contribution < -0.4 is 20.7 Å². The molecule has 1 aromatic heterocycles. The van der Waals surface area contributed by atoms with E-state index in [9.17, 15) is 14.9 Å². The van der Waals surface area contributed by atoms with Crippen LogP contribution in [0.25, 0.3) is 5.70 Å². The number of benzene rings is 1. The number of hydrogen-bond acceptors (Lipinski definition) is 8. The van der Waals surface area contributed by atoms with E-state index in [0.717, 1.165) is 5.69 Å². The molecule has 2 heterocycles. The lowest BCUT2D eigenvalue weighted by Gasteiger charge is -2.25. The van der Waals surface area contributed by atoms with Crippen LogP contribution in [0.4, 0.5) is 11.4 Å². The first-order valence-electron chi connectivity index (χ1n) is 11.5. The van der Waals surface area contributed by atoms with Crippen LogP contribution in [-0.2, 0) is 20.9 Å². The minimum atomic E-state index is -1.65. The molecule has 4 N–H and O–H groups in total. The topological polar surface area (TPSA) is 146 Å². The second kappa shape index (κ2) is 13.0. The summed E-state index contributed by atoms with van der Waals surface area (Å²) in [5, 5.41) is 27.6. The SMILES string of the molecule is C=C(/C=C(Cl)\C(=C/C)OCc1ccccn1)NC1=C(C#N)CNc2cc(OCC)c(NC(=O)C(=O)O)cc21. The normalized spacial score (nSPS) is 13.0. The Morgan fingerprint density at radius 2 is 2.13 bits per heavy atom. The van der Waals surface area contributed by atoms with Gasteiger partial charge in [0, 0.05) is 29.2 Å². The molecule has 1 amide bonds. The van der Waals surface area contributed by atoms with E-state index in [2.05, 4.69) is 33.6 Å². The van der Waals surface area contributed by atoms with E-state index in [4.69, 9.17) is 26.2 Å². The van der Waals surface area contributed by atoms with Gasteiger partial charge in [0.2, 0.25) is 0 Å². The van der Waals surface area contributed by atoms with Crippen LogP contribution in [0.3, 0.4) is 0 Å². The molecule has 1 aromatic carbocycles. The number of carboxylic acid groups (broad SMARTS) is 1. The number of ether oxygens (including phenoxy) is 2. The predicted octanol–water partition coefficient (Wildman–Crippen LogP) is 4.51. The molecule has 0 saturated carbocycles. The van der Waals surface area contributed by atoms with Crippen molar-refractivity contribution in [2.24, 2.45) is 0 Å². The molecule has 0 bridgehead atoms.